The molecule has 1 heterocycles. The molecule has 0 atom stereocenters. The zero-order valence-electron chi connectivity index (χ0n) is 50.1. The topological polar surface area (TPSA) is 61.7 Å². The van der Waals surface area contributed by atoms with Crippen LogP contribution >= 0.6 is 0 Å². The van der Waals surface area contributed by atoms with Gasteiger partial charge in [-0.25, -0.2) is 4.98 Å². The van der Waals surface area contributed by atoms with Crippen LogP contribution < -0.4 is 0 Å². The first kappa shape index (κ1) is 69.1. The number of amides is 2. The van der Waals surface area contributed by atoms with E-state index in [-0.39, 0.29) is 0 Å². The van der Waals surface area contributed by atoms with Crippen LogP contribution in [0.3, 0.4) is 0 Å². The van der Waals surface area contributed by atoms with Crippen molar-refractivity contribution in [3.63, 3.8) is 0 Å². The Morgan fingerprint density at radius 2 is 0.562 bits per heavy atom. The lowest BCUT2D eigenvalue weighted by Gasteiger charge is -2.23. The van der Waals surface area contributed by atoms with Crippen LogP contribution in [0.25, 0.3) is 0 Å². The van der Waals surface area contributed by atoms with Crippen LogP contribution in [0.2, 0.25) is 0 Å². The molecule has 0 aliphatic rings. The van der Waals surface area contributed by atoms with Crippen LogP contribution in [0.1, 0.15) is 342 Å². The van der Waals surface area contributed by atoms with Crippen LogP contribution in [0, 0.1) is 0 Å². The summed E-state index contributed by atoms with van der Waals surface area (Å²) < 4.78 is 2.22. The third-order valence-electron chi connectivity index (χ3n) is 16.0. The van der Waals surface area contributed by atoms with E-state index in [4.69, 9.17) is 0 Å². The molecule has 430 valence electrons. The Kier molecular flexibility index (Phi) is 53.3. The van der Waals surface area contributed by atoms with Crippen LogP contribution in [0.15, 0.2) is 18.7 Å². The number of imidazole rings is 1. The second kappa shape index (κ2) is 56.3. The molecule has 73 heavy (non-hydrogen) atoms. The number of carbonyl (C=O) groups is 2. The molecule has 1 aromatic rings. The minimum Gasteiger partial charge on any atom is -0.343 e. The lowest BCUT2D eigenvalue weighted by molar-refractivity contribution is -0.132. The standard InChI is InChI=1S/C66H129N5O2/c1-5-9-13-17-21-31-39-47-59-70(60-48-40-32-22-18-14-10-6-2)65(72)52-43-35-27-25-29-37-45-55-68(57-51-58-69-63-54-67-64-69)56-46-38-30-26-28-36-44-53-66(73)71(61-49-41-33-23-19-15-11-7-3)62-50-42-34-24-20-16-12-8-4/h54,63-64H,5-53,55-62H2,1-4H3. The number of rotatable bonds is 60. The summed E-state index contributed by atoms with van der Waals surface area (Å²) in [6, 6.07) is 0. The minimum absolute atomic E-state index is 0.428. The van der Waals surface area contributed by atoms with Crippen LogP contribution in [-0.2, 0) is 16.1 Å². The Hall–Kier alpha value is -1.89. The van der Waals surface area contributed by atoms with Gasteiger partial charge in [0.25, 0.3) is 0 Å². The van der Waals surface area contributed by atoms with Gasteiger partial charge in [-0.1, -0.05) is 272 Å². The summed E-state index contributed by atoms with van der Waals surface area (Å²) in [5.74, 6) is 0.857. The molecule has 0 unspecified atom stereocenters. The number of hydrogen-bond donors (Lipinski definition) is 0. The van der Waals surface area contributed by atoms with Gasteiger partial charge in [0.2, 0.25) is 11.8 Å². The summed E-state index contributed by atoms with van der Waals surface area (Å²) >= 11 is 0. The van der Waals surface area contributed by atoms with Crippen LogP contribution in [-0.4, -0.2) is 81.9 Å². The van der Waals surface area contributed by atoms with Crippen molar-refractivity contribution >= 4 is 11.8 Å². The first-order valence-corrected chi connectivity index (χ1v) is 33.3. The average molecular weight is 1020 g/mol. The van der Waals surface area contributed by atoms with Crippen LogP contribution in [0.4, 0.5) is 0 Å². The summed E-state index contributed by atoms with van der Waals surface area (Å²) in [5.41, 5.74) is 0. The zero-order chi connectivity index (χ0) is 52.6. The molecule has 0 N–H and O–H groups in total. The van der Waals surface area contributed by atoms with Gasteiger partial charge in [-0.15, -0.1) is 0 Å². The molecule has 0 saturated carbocycles. The normalized spacial score (nSPS) is 11.6. The first-order chi connectivity index (χ1) is 36.0. The second-order valence-electron chi connectivity index (χ2n) is 23.1. The van der Waals surface area contributed by atoms with Gasteiger partial charge in [0.05, 0.1) is 6.33 Å². The second-order valence-corrected chi connectivity index (χ2v) is 23.1. The summed E-state index contributed by atoms with van der Waals surface area (Å²) in [6.07, 6.45) is 68.6. The molecule has 0 aliphatic carbocycles. The molecule has 1 rings (SSSR count). The van der Waals surface area contributed by atoms with Crippen molar-refractivity contribution in [3.05, 3.63) is 18.7 Å². The highest BCUT2D eigenvalue weighted by Crippen LogP contribution is 2.18. The monoisotopic (exact) mass is 1020 g/mol. The fraction of sp³-hybridized carbons (Fsp3) is 0.924. The van der Waals surface area contributed by atoms with E-state index < -0.39 is 0 Å². The maximum absolute atomic E-state index is 13.4. The molecule has 7 nitrogen and oxygen atoms in total. The van der Waals surface area contributed by atoms with Crippen molar-refractivity contribution in [1.29, 1.82) is 0 Å². The molecule has 7 heteroatoms. The maximum Gasteiger partial charge on any atom is 0.222 e. The van der Waals surface area contributed by atoms with Gasteiger partial charge in [-0.2, -0.15) is 0 Å². The molecule has 0 saturated heterocycles. The minimum atomic E-state index is 0.428. The largest absolute Gasteiger partial charge is 0.343 e. The van der Waals surface area contributed by atoms with Gasteiger partial charge >= 0.3 is 0 Å². The highest BCUT2D eigenvalue weighted by atomic mass is 16.2. The van der Waals surface area contributed by atoms with Crippen molar-refractivity contribution in [3.8, 4) is 0 Å². The van der Waals surface area contributed by atoms with Crippen LogP contribution in [0.5, 0.6) is 0 Å². The molecule has 1 aromatic heterocycles. The fourth-order valence-corrected chi connectivity index (χ4v) is 11.0. The van der Waals surface area contributed by atoms with Gasteiger partial charge in [0.15, 0.2) is 0 Å². The fourth-order valence-electron chi connectivity index (χ4n) is 11.0. The predicted octanol–water partition coefficient (Wildman–Crippen LogP) is 20.0. The number of aryl methyl sites for hydroxylation is 1. The summed E-state index contributed by atoms with van der Waals surface area (Å²) in [4.78, 5) is 38.4. The highest BCUT2D eigenvalue weighted by Gasteiger charge is 2.15. The van der Waals surface area contributed by atoms with E-state index in [0.29, 0.717) is 11.8 Å². The first-order valence-electron chi connectivity index (χ1n) is 33.3. The molecule has 0 bridgehead atoms. The Morgan fingerprint density at radius 3 is 0.836 bits per heavy atom. The average Bonchev–Trinajstić information content (AvgIpc) is 3.92. The molecular formula is C66H129N5O2. The molecule has 0 aliphatic heterocycles. The van der Waals surface area contributed by atoms with Crippen molar-refractivity contribution in [2.75, 3.05) is 45.8 Å². The van der Waals surface area contributed by atoms with Crippen molar-refractivity contribution in [2.45, 2.75) is 349 Å². The Labute approximate surface area is 457 Å². The molecule has 0 spiro atoms. The van der Waals surface area contributed by atoms with Gasteiger partial charge < -0.3 is 19.3 Å². The van der Waals surface area contributed by atoms with Gasteiger partial charge in [0.1, 0.15) is 0 Å². The Balaban J connectivity index is 2.36. The Morgan fingerprint density at radius 1 is 0.315 bits per heavy atom. The number of unbranched alkanes of at least 4 members (excludes halogenated alkanes) is 40. The van der Waals surface area contributed by atoms with Crippen molar-refractivity contribution < 1.29 is 9.59 Å². The molecule has 0 aromatic carbocycles. The molecule has 0 fully saturated rings. The van der Waals surface area contributed by atoms with E-state index in [1.54, 1.807) is 0 Å². The predicted molar refractivity (Wildman–Crippen MR) is 321 cm³/mol. The van der Waals surface area contributed by atoms with E-state index in [1.165, 1.54) is 309 Å². The highest BCUT2D eigenvalue weighted by molar-refractivity contribution is 5.76. The van der Waals surface area contributed by atoms with Crippen molar-refractivity contribution in [1.82, 2.24) is 24.3 Å². The van der Waals surface area contributed by atoms with Crippen molar-refractivity contribution in [2.24, 2.45) is 0 Å². The lowest BCUT2D eigenvalue weighted by atomic mass is 10.1. The van der Waals surface area contributed by atoms with Gasteiger partial charge in [-0.05, 0) is 77.4 Å². The molecular weight excluding hydrogens is 895 g/mol. The lowest BCUT2D eigenvalue weighted by Crippen LogP contribution is -2.32. The summed E-state index contributed by atoms with van der Waals surface area (Å²) in [6.45, 7) is 17.7. The van der Waals surface area contributed by atoms with Gasteiger partial charge in [-0.3, -0.25) is 9.59 Å². The summed E-state index contributed by atoms with van der Waals surface area (Å²) in [7, 11) is 0. The maximum atomic E-state index is 13.4. The smallest absolute Gasteiger partial charge is 0.222 e. The zero-order valence-corrected chi connectivity index (χ0v) is 50.1. The third-order valence-corrected chi connectivity index (χ3v) is 16.0. The van der Waals surface area contributed by atoms with Gasteiger partial charge in [0, 0.05) is 58.0 Å². The molecule has 2 amide bonds. The number of aromatic nitrogens is 2. The third kappa shape index (κ3) is 47.1. The van der Waals surface area contributed by atoms with E-state index in [1.807, 2.05) is 12.5 Å². The summed E-state index contributed by atoms with van der Waals surface area (Å²) in [5, 5.41) is 0. The Bertz CT molecular complexity index is 1130. The number of hydrogen-bond acceptors (Lipinski definition) is 4. The van der Waals surface area contributed by atoms with E-state index >= 15 is 0 Å². The SMILES string of the molecule is CCCCCCCCCCN(CCCCCCCCCC)C(=O)CCCCCCCCCN(CCCCCCCCCC(=O)N(CCCCCCCCCC)CCCCCCCCCC)CCCn1ccnc1. The molecule has 0 radical (unpaired) electrons. The number of carbonyl (C=O) groups excluding carboxylic acids is 2. The quantitative estimate of drug-likeness (QED) is 0.0610. The number of nitrogens with zero attached hydrogens (tertiary/aromatic N) is 5. The van der Waals surface area contributed by atoms with E-state index in [9.17, 15) is 9.59 Å². The van der Waals surface area contributed by atoms with E-state index in [0.717, 1.165) is 58.4 Å². The van der Waals surface area contributed by atoms with E-state index in [2.05, 4.69) is 58.1 Å².